The predicted molar refractivity (Wildman–Crippen MR) is 75.5 cm³/mol. The minimum absolute atomic E-state index is 0.122. The molecule has 3 nitrogen and oxygen atoms in total. The van der Waals surface area contributed by atoms with Gasteiger partial charge in [0.15, 0.2) is 0 Å². The Morgan fingerprint density at radius 1 is 1.44 bits per heavy atom. The summed E-state index contributed by atoms with van der Waals surface area (Å²) < 4.78 is 0.826. The Morgan fingerprint density at radius 2 is 2.28 bits per heavy atom. The molecule has 0 aliphatic heterocycles. The number of carbonyl (C=O) groups excluding carboxylic acids is 1. The van der Waals surface area contributed by atoms with E-state index in [2.05, 4.69) is 27.3 Å². The number of anilines is 1. The van der Waals surface area contributed by atoms with E-state index in [1.165, 1.54) is 0 Å². The lowest BCUT2D eigenvalue weighted by Gasteiger charge is -2.06. The van der Waals surface area contributed by atoms with E-state index in [4.69, 9.17) is 5.26 Å². The van der Waals surface area contributed by atoms with Crippen molar-refractivity contribution in [2.45, 2.75) is 6.42 Å². The summed E-state index contributed by atoms with van der Waals surface area (Å²) in [6, 6.07) is 9.13. The van der Waals surface area contributed by atoms with Crippen molar-refractivity contribution in [3.8, 4) is 6.07 Å². The van der Waals surface area contributed by atoms with Crippen LogP contribution in [-0.4, -0.2) is 5.91 Å². The van der Waals surface area contributed by atoms with Crippen molar-refractivity contribution < 1.29 is 4.79 Å². The zero-order valence-electron chi connectivity index (χ0n) is 9.31. The first-order valence-corrected chi connectivity index (χ1v) is 6.93. The minimum atomic E-state index is -0.122. The molecule has 90 valence electrons. The summed E-state index contributed by atoms with van der Waals surface area (Å²) >= 11 is 4.88. The molecule has 5 heteroatoms. The molecule has 1 aromatic carbocycles. The van der Waals surface area contributed by atoms with Gasteiger partial charge in [0.05, 0.1) is 17.7 Å². The van der Waals surface area contributed by atoms with Crippen molar-refractivity contribution in [3.05, 3.63) is 50.6 Å². The third-order valence-corrected chi connectivity index (χ3v) is 3.55. The SMILES string of the molecule is N#Cc1ccc(Br)cc1NC(=O)Cc1ccsc1. The molecule has 0 bridgehead atoms. The number of rotatable bonds is 3. The van der Waals surface area contributed by atoms with E-state index in [0.29, 0.717) is 17.7 Å². The Morgan fingerprint density at radius 3 is 2.94 bits per heavy atom. The normalized spacial score (nSPS) is 9.78. The van der Waals surface area contributed by atoms with Crippen molar-refractivity contribution in [3.63, 3.8) is 0 Å². The van der Waals surface area contributed by atoms with Gasteiger partial charge >= 0.3 is 0 Å². The number of benzene rings is 1. The Kier molecular flexibility index (Phi) is 4.13. The fourth-order valence-electron chi connectivity index (χ4n) is 1.49. The molecule has 1 amide bonds. The highest BCUT2D eigenvalue weighted by Crippen LogP contribution is 2.21. The zero-order valence-corrected chi connectivity index (χ0v) is 11.7. The van der Waals surface area contributed by atoms with E-state index in [1.54, 1.807) is 29.5 Å². The molecular weight excluding hydrogens is 312 g/mol. The maximum absolute atomic E-state index is 11.8. The fourth-order valence-corrected chi connectivity index (χ4v) is 2.52. The van der Waals surface area contributed by atoms with Gasteiger partial charge in [0, 0.05) is 4.47 Å². The summed E-state index contributed by atoms with van der Waals surface area (Å²) in [4.78, 5) is 11.8. The number of nitrogens with zero attached hydrogens (tertiary/aromatic N) is 1. The van der Waals surface area contributed by atoms with Crippen molar-refractivity contribution in [1.82, 2.24) is 0 Å². The van der Waals surface area contributed by atoms with E-state index >= 15 is 0 Å². The first-order chi connectivity index (χ1) is 8.69. The van der Waals surface area contributed by atoms with Gasteiger partial charge in [0.25, 0.3) is 0 Å². The largest absolute Gasteiger partial charge is 0.325 e. The van der Waals surface area contributed by atoms with Gasteiger partial charge in [-0.05, 0) is 40.6 Å². The number of carbonyl (C=O) groups is 1. The van der Waals surface area contributed by atoms with Crippen LogP contribution in [0.5, 0.6) is 0 Å². The molecule has 0 saturated heterocycles. The smallest absolute Gasteiger partial charge is 0.228 e. The van der Waals surface area contributed by atoms with Gasteiger partial charge in [0.1, 0.15) is 6.07 Å². The lowest BCUT2D eigenvalue weighted by molar-refractivity contribution is -0.115. The third-order valence-electron chi connectivity index (χ3n) is 2.32. The van der Waals surface area contributed by atoms with Gasteiger partial charge < -0.3 is 5.32 Å². The predicted octanol–water partition coefficient (Wildman–Crippen LogP) is 3.56. The molecule has 0 atom stereocenters. The number of nitrogens with one attached hydrogen (secondary N) is 1. The molecule has 1 heterocycles. The summed E-state index contributed by atoms with van der Waals surface area (Å²) in [6.45, 7) is 0. The fraction of sp³-hybridized carbons (Fsp3) is 0.0769. The molecule has 1 aromatic heterocycles. The Balaban J connectivity index is 2.12. The van der Waals surface area contributed by atoms with Crippen molar-refractivity contribution in [2.24, 2.45) is 0 Å². The molecule has 0 saturated carbocycles. The average Bonchev–Trinajstić information content (AvgIpc) is 2.82. The first-order valence-electron chi connectivity index (χ1n) is 5.19. The minimum Gasteiger partial charge on any atom is -0.325 e. The number of amides is 1. The molecule has 2 aromatic rings. The molecule has 0 fully saturated rings. The van der Waals surface area contributed by atoms with Crippen LogP contribution in [0.25, 0.3) is 0 Å². The lowest BCUT2D eigenvalue weighted by Crippen LogP contribution is -2.14. The van der Waals surface area contributed by atoms with Crippen LogP contribution in [0.3, 0.4) is 0 Å². The highest BCUT2D eigenvalue weighted by Gasteiger charge is 2.08. The van der Waals surface area contributed by atoms with E-state index in [-0.39, 0.29) is 5.91 Å². The number of hydrogen-bond donors (Lipinski definition) is 1. The van der Waals surface area contributed by atoms with Crippen molar-refractivity contribution in [2.75, 3.05) is 5.32 Å². The van der Waals surface area contributed by atoms with Crippen LogP contribution in [0.2, 0.25) is 0 Å². The van der Waals surface area contributed by atoms with E-state index < -0.39 is 0 Å². The van der Waals surface area contributed by atoms with Crippen molar-refractivity contribution >= 4 is 38.9 Å². The average molecular weight is 321 g/mol. The van der Waals surface area contributed by atoms with Gasteiger partial charge in [-0.1, -0.05) is 15.9 Å². The van der Waals surface area contributed by atoms with E-state index in [9.17, 15) is 4.79 Å². The molecule has 0 unspecified atom stereocenters. The van der Waals surface area contributed by atoms with Crippen LogP contribution in [0.4, 0.5) is 5.69 Å². The van der Waals surface area contributed by atoms with Crippen LogP contribution < -0.4 is 5.32 Å². The standard InChI is InChI=1S/C13H9BrN2OS/c14-11-2-1-10(7-15)12(6-11)16-13(17)5-9-3-4-18-8-9/h1-4,6,8H,5H2,(H,16,17). The maximum atomic E-state index is 11.8. The molecule has 0 radical (unpaired) electrons. The van der Waals surface area contributed by atoms with E-state index in [1.807, 2.05) is 16.8 Å². The molecule has 0 aliphatic rings. The number of hydrogen-bond acceptors (Lipinski definition) is 3. The Hall–Kier alpha value is -1.64. The molecular formula is C13H9BrN2OS. The van der Waals surface area contributed by atoms with Crippen molar-refractivity contribution in [1.29, 1.82) is 5.26 Å². The Labute approximate surface area is 117 Å². The topological polar surface area (TPSA) is 52.9 Å². The molecule has 2 rings (SSSR count). The van der Waals surface area contributed by atoms with Crippen LogP contribution in [0.15, 0.2) is 39.5 Å². The van der Waals surface area contributed by atoms with Gasteiger partial charge in [0.2, 0.25) is 5.91 Å². The highest BCUT2D eigenvalue weighted by atomic mass is 79.9. The number of halogens is 1. The summed E-state index contributed by atoms with van der Waals surface area (Å²) in [5.41, 5.74) is 1.97. The molecule has 0 spiro atoms. The first kappa shape index (κ1) is 12.8. The van der Waals surface area contributed by atoms with E-state index in [0.717, 1.165) is 10.0 Å². The summed E-state index contributed by atoms with van der Waals surface area (Å²) in [7, 11) is 0. The van der Waals surface area contributed by atoms with Gasteiger partial charge in [-0.15, -0.1) is 0 Å². The Bertz CT molecular complexity index is 602. The summed E-state index contributed by atoms with van der Waals surface area (Å²) in [5.74, 6) is -0.122. The van der Waals surface area contributed by atoms with Crippen LogP contribution >= 0.6 is 27.3 Å². The van der Waals surface area contributed by atoms with Gasteiger partial charge in [-0.3, -0.25) is 4.79 Å². The second kappa shape index (κ2) is 5.80. The monoisotopic (exact) mass is 320 g/mol. The third kappa shape index (κ3) is 3.19. The maximum Gasteiger partial charge on any atom is 0.228 e. The lowest BCUT2D eigenvalue weighted by atomic mass is 10.2. The molecule has 18 heavy (non-hydrogen) atoms. The van der Waals surface area contributed by atoms with Gasteiger partial charge in [-0.2, -0.15) is 16.6 Å². The molecule has 0 aliphatic carbocycles. The van der Waals surface area contributed by atoms with Crippen LogP contribution in [-0.2, 0) is 11.2 Å². The second-order valence-corrected chi connectivity index (χ2v) is 5.35. The second-order valence-electron chi connectivity index (χ2n) is 3.66. The highest BCUT2D eigenvalue weighted by molar-refractivity contribution is 9.10. The number of nitriles is 1. The van der Waals surface area contributed by atoms with Crippen LogP contribution in [0.1, 0.15) is 11.1 Å². The summed E-state index contributed by atoms with van der Waals surface area (Å²) in [6.07, 6.45) is 0.320. The quantitative estimate of drug-likeness (QED) is 0.940. The number of thiophene rings is 1. The van der Waals surface area contributed by atoms with Gasteiger partial charge in [-0.25, -0.2) is 0 Å². The molecule has 1 N–H and O–H groups in total. The summed E-state index contributed by atoms with van der Waals surface area (Å²) in [5, 5.41) is 15.6. The zero-order chi connectivity index (χ0) is 13.0. The van der Waals surface area contributed by atoms with Crippen LogP contribution in [0, 0.1) is 11.3 Å².